The topological polar surface area (TPSA) is 61.0 Å². The molecule has 0 atom stereocenters. The molecule has 5 heteroatoms. The summed E-state index contributed by atoms with van der Waals surface area (Å²) < 4.78 is 10.5. The van der Waals surface area contributed by atoms with Gasteiger partial charge in [0.15, 0.2) is 5.82 Å². The van der Waals surface area contributed by atoms with E-state index in [0.717, 1.165) is 24.4 Å². The van der Waals surface area contributed by atoms with Gasteiger partial charge in [-0.05, 0) is 25.3 Å². The van der Waals surface area contributed by atoms with E-state index in [0.29, 0.717) is 17.7 Å². The summed E-state index contributed by atoms with van der Waals surface area (Å²) in [6.45, 7) is 0. The maximum atomic E-state index is 5.38. The van der Waals surface area contributed by atoms with Crippen molar-refractivity contribution < 1.29 is 9.26 Å². The molecule has 2 aromatic heterocycles. The Balaban J connectivity index is 1.59. The molecule has 0 N–H and O–H groups in total. The van der Waals surface area contributed by atoms with Gasteiger partial charge in [0.2, 0.25) is 11.8 Å². The maximum absolute atomic E-state index is 5.38. The molecule has 0 radical (unpaired) electrons. The molecular weight excluding hydrogens is 266 g/mol. The number of hydrogen-bond donors (Lipinski definition) is 0. The fourth-order valence-electron chi connectivity index (χ4n) is 2.84. The van der Waals surface area contributed by atoms with Gasteiger partial charge in [0.1, 0.15) is 0 Å². The normalized spacial score (nSPS) is 16.0. The van der Waals surface area contributed by atoms with Crippen LogP contribution in [0.5, 0.6) is 5.88 Å². The van der Waals surface area contributed by atoms with Crippen LogP contribution in [0.2, 0.25) is 0 Å². The third-order valence-electron chi connectivity index (χ3n) is 4.04. The first-order chi connectivity index (χ1) is 10.3. The van der Waals surface area contributed by atoms with Gasteiger partial charge in [0.25, 0.3) is 0 Å². The first kappa shape index (κ1) is 14.0. The number of rotatable bonds is 5. The lowest BCUT2D eigenvalue weighted by molar-refractivity contribution is 0.357. The summed E-state index contributed by atoms with van der Waals surface area (Å²) in [5.74, 6) is 2.73. The Labute approximate surface area is 124 Å². The zero-order valence-corrected chi connectivity index (χ0v) is 12.4. The van der Waals surface area contributed by atoms with Crippen molar-refractivity contribution in [2.24, 2.45) is 0 Å². The molecule has 1 fully saturated rings. The second-order valence-corrected chi connectivity index (χ2v) is 5.55. The molecule has 0 unspecified atom stereocenters. The van der Waals surface area contributed by atoms with Crippen molar-refractivity contribution in [2.75, 3.05) is 7.11 Å². The zero-order chi connectivity index (χ0) is 14.5. The molecule has 0 aliphatic heterocycles. The van der Waals surface area contributed by atoms with Gasteiger partial charge >= 0.3 is 0 Å². The van der Waals surface area contributed by atoms with Crippen molar-refractivity contribution in [2.45, 2.75) is 50.9 Å². The minimum absolute atomic E-state index is 0.492. The number of methoxy groups -OCH3 is 1. The molecule has 2 aromatic rings. The maximum Gasteiger partial charge on any atom is 0.227 e. The third kappa shape index (κ3) is 3.60. The van der Waals surface area contributed by atoms with E-state index in [1.165, 1.54) is 32.1 Å². The summed E-state index contributed by atoms with van der Waals surface area (Å²) >= 11 is 0. The number of nitrogens with zero attached hydrogens (tertiary/aromatic N) is 3. The van der Waals surface area contributed by atoms with Crippen LogP contribution in [-0.4, -0.2) is 22.2 Å². The lowest BCUT2D eigenvalue weighted by Crippen LogP contribution is -2.06. The summed E-state index contributed by atoms with van der Waals surface area (Å²) in [6.07, 6.45) is 7.78. The van der Waals surface area contributed by atoms with Crippen LogP contribution >= 0.6 is 0 Å². The zero-order valence-electron chi connectivity index (χ0n) is 12.4. The van der Waals surface area contributed by atoms with E-state index < -0.39 is 0 Å². The SMILES string of the molecule is COc1cccc(CCc2nc(C3CCCCC3)no2)n1. The van der Waals surface area contributed by atoms with Crippen molar-refractivity contribution in [3.63, 3.8) is 0 Å². The Kier molecular flexibility index (Phi) is 4.48. The Morgan fingerprint density at radius 2 is 2.00 bits per heavy atom. The third-order valence-corrected chi connectivity index (χ3v) is 4.04. The standard InChI is InChI=1S/C16H21N3O2/c1-20-14-9-5-8-13(17-14)10-11-15-18-16(19-21-15)12-6-3-2-4-7-12/h5,8-9,12H,2-4,6-7,10-11H2,1H3. The summed E-state index contributed by atoms with van der Waals surface area (Å²) in [4.78, 5) is 8.95. The lowest BCUT2D eigenvalue weighted by atomic mass is 9.89. The largest absolute Gasteiger partial charge is 0.481 e. The summed E-state index contributed by atoms with van der Waals surface area (Å²) in [5, 5.41) is 4.15. The van der Waals surface area contributed by atoms with E-state index in [1.54, 1.807) is 7.11 Å². The lowest BCUT2D eigenvalue weighted by Gasteiger charge is -2.17. The van der Waals surface area contributed by atoms with E-state index in [4.69, 9.17) is 9.26 Å². The molecule has 112 valence electrons. The fraction of sp³-hybridized carbons (Fsp3) is 0.562. The molecule has 0 amide bonds. The highest BCUT2D eigenvalue weighted by atomic mass is 16.5. The summed E-state index contributed by atoms with van der Waals surface area (Å²) in [6, 6.07) is 5.78. The minimum atomic E-state index is 0.492. The van der Waals surface area contributed by atoms with E-state index in [2.05, 4.69) is 15.1 Å². The fourth-order valence-corrected chi connectivity index (χ4v) is 2.84. The number of aryl methyl sites for hydroxylation is 2. The summed E-state index contributed by atoms with van der Waals surface area (Å²) in [5.41, 5.74) is 0.978. The van der Waals surface area contributed by atoms with E-state index >= 15 is 0 Å². The molecule has 1 aliphatic carbocycles. The van der Waals surface area contributed by atoms with Crippen LogP contribution in [-0.2, 0) is 12.8 Å². The average molecular weight is 287 g/mol. The predicted molar refractivity (Wildman–Crippen MR) is 78.3 cm³/mol. The molecule has 3 rings (SSSR count). The van der Waals surface area contributed by atoms with Gasteiger partial charge < -0.3 is 9.26 Å². The van der Waals surface area contributed by atoms with E-state index in [-0.39, 0.29) is 0 Å². The van der Waals surface area contributed by atoms with Crippen molar-refractivity contribution in [1.82, 2.24) is 15.1 Å². The second-order valence-electron chi connectivity index (χ2n) is 5.55. The van der Waals surface area contributed by atoms with Crippen LogP contribution in [0.1, 0.15) is 55.4 Å². The number of aromatic nitrogens is 3. The smallest absolute Gasteiger partial charge is 0.227 e. The van der Waals surface area contributed by atoms with Crippen LogP contribution < -0.4 is 4.74 Å². The quantitative estimate of drug-likeness (QED) is 0.844. The van der Waals surface area contributed by atoms with Crippen molar-refractivity contribution in [1.29, 1.82) is 0 Å². The van der Waals surface area contributed by atoms with Gasteiger partial charge in [0, 0.05) is 24.1 Å². The Hall–Kier alpha value is -1.91. The Morgan fingerprint density at radius 1 is 1.14 bits per heavy atom. The van der Waals surface area contributed by atoms with Crippen LogP contribution in [0.25, 0.3) is 0 Å². The molecule has 2 heterocycles. The van der Waals surface area contributed by atoms with E-state index in [1.807, 2.05) is 18.2 Å². The molecule has 0 bridgehead atoms. The molecular formula is C16H21N3O2. The number of ether oxygens (including phenoxy) is 1. The van der Waals surface area contributed by atoms with Crippen LogP contribution in [0.4, 0.5) is 0 Å². The monoisotopic (exact) mass is 287 g/mol. The molecule has 1 aliphatic rings. The molecule has 21 heavy (non-hydrogen) atoms. The Bertz CT molecular complexity index is 576. The van der Waals surface area contributed by atoms with Gasteiger partial charge in [-0.2, -0.15) is 4.98 Å². The number of pyridine rings is 1. The van der Waals surface area contributed by atoms with Crippen LogP contribution in [0.3, 0.4) is 0 Å². The van der Waals surface area contributed by atoms with Gasteiger partial charge in [-0.1, -0.05) is 30.5 Å². The highest BCUT2D eigenvalue weighted by Gasteiger charge is 2.20. The highest BCUT2D eigenvalue weighted by molar-refractivity contribution is 5.16. The van der Waals surface area contributed by atoms with Crippen LogP contribution in [0.15, 0.2) is 22.7 Å². The van der Waals surface area contributed by atoms with Crippen molar-refractivity contribution >= 4 is 0 Å². The van der Waals surface area contributed by atoms with E-state index in [9.17, 15) is 0 Å². The average Bonchev–Trinajstić information content (AvgIpc) is 3.03. The molecule has 0 spiro atoms. The van der Waals surface area contributed by atoms with Gasteiger partial charge in [-0.3, -0.25) is 0 Å². The van der Waals surface area contributed by atoms with Crippen molar-refractivity contribution in [3.05, 3.63) is 35.6 Å². The van der Waals surface area contributed by atoms with Crippen molar-refractivity contribution in [3.8, 4) is 5.88 Å². The second kappa shape index (κ2) is 6.70. The first-order valence-corrected chi connectivity index (χ1v) is 7.67. The highest BCUT2D eigenvalue weighted by Crippen LogP contribution is 2.30. The summed E-state index contributed by atoms with van der Waals surface area (Å²) in [7, 11) is 1.63. The number of hydrogen-bond acceptors (Lipinski definition) is 5. The molecule has 5 nitrogen and oxygen atoms in total. The Morgan fingerprint density at radius 3 is 2.81 bits per heavy atom. The molecule has 0 saturated heterocycles. The minimum Gasteiger partial charge on any atom is -0.481 e. The predicted octanol–water partition coefficient (Wildman–Crippen LogP) is 3.31. The van der Waals surface area contributed by atoms with Gasteiger partial charge in [-0.25, -0.2) is 4.98 Å². The molecule has 1 saturated carbocycles. The van der Waals surface area contributed by atoms with Gasteiger partial charge in [-0.15, -0.1) is 0 Å². The van der Waals surface area contributed by atoms with Gasteiger partial charge in [0.05, 0.1) is 7.11 Å². The first-order valence-electron chi connectivity index (χ1n) is 7.67. The van der Waals surface area contributed by atoms with Crippen LogP contribution in [0, 0.1) is 0 Å². The molecule has 0 aromatic carbocycles.